The predicted molar refractivity (Wildman–Crippen MR) is 86.9 cm³/mol. The number of carbonyl (C=O) groups is 1. The van der Waals surface area contributed by atoms with Gasteiger partial charge in [-0.05, 0) is 49.1 Å². The van der Waals surface area contributed by atoms with E-state index in [1.54, 1.807) is 0 Å². The maximum absolute atomic E-state index is 12.4. The van der Waals surface area contributed by atoms with Gasteiger partial charge in [0.2, 0.25) is 5.91 Å². The van der Waals surface area contributed by atoms with Gasteiger partial charge in [-0.2, -0.15) is 0 Å². The molecule has 0 atom stereocenters. The Morgan fingerprint density at radius 2 is 2.00 bits per heavy atom. The number of para-hydroxylation sites is 1. The number of carbonyl (C=O) groups excluding carboxylic acids is 1. The van der Waals surface area contributed by atoms with Crippen molar-refractivity contribution in [2.45, 2.75) is 20.3 Å². The van der Waals surface area contributed by atoms with E-state index >= 15 is 0 Å². The minimum Gasteiger partial charge on any atom is -0.376 e. The molecule has 0 aliphatic carbocycles. The second kappa shape index (κ2) is 5.60. The highest BCUT2D eigenvalue weighted by atomic mass is 16.2. The molecule has 2 aromatic carbocycles. The Balaban J connectivity index is 1.69. The van der Waals surface area contributed by atoms with Crippen LogP contribution in [-0.4, -0.2) is 19.0 Å². The van der Waals surface area contributed by atoms with Crippen LogP contribution in [0.5, 0.6) is 0 Å². The van der Waals surface area contributed by atoms with Crippen molar-refractivity contribution < 1.29 is 4.79 Å². The normalized spacial score (nSPS) is 13.1. The number of nitrogens with one attached hydrogen (secondary N) is 1. The predicted octanol–water partition coefficient (Wildman–Crippen LogP) is 3.30. The molecule has 3 rings (SSSR count). The molecule has 1 heterocycles. The Morgan fingerprint density at radius 3 is 2.86 bits per heavy atom. The van der Waals surface area contributed by atoms with Crippen LogP contribution in [0.1, 0.15) is 16.7 Å². The van der Waals surface area contributed by atoms with Crippen LogP contribution in [0, 0.1) is 13.8 Å². The van der Waals surface area contributed by atoms with Gasteiger partial charge in [-0.15, -0.1) is 0 Å². The zero-order valence-corrected chi connectivity index (χ0v) is 12.5. The number of anilines is 2. The molecule has 1 aliphatic heterocycles. The lowest BCUT2D eigenvalue weighted by Gasteiger charge is -2.18. The fourth-order valence-electron chi connectivity index (χ4n) is 2.79. The van der Waals surface area contributed by atoms with E-state index in [0.29, 0.717) is 6.54 Å². The average molecular weight is 280 g/mol. The maximum Gasteiger partial charge on any atom is 0.246 e. The highest BCUT2D eigenvalue weighted by molar-refractivity contribution is 5.98. The second-order valence-corrected chi connectivity index (χ2v) is 5.60. The Kier molecular flexibility index (Phi) is 3.65. The van der Waals surface area contributed by atoms with Crippen LogP contribution in [0.3, 0.4) is 0 Å². The number of hydrogen-bond acceptors (Lipinski definition) is 2. The summed E-state index contributed by atoms with van der Waals surface area (Å²) in [6.45, 7) is 5.23. The summed E-state index contributed by atoms with van der Waals surface area (Å²) in [5.41, 5.74) is 5.72. The van der Waals surface area contributed by atoms with Gasteiger partial charge in [0.05, 0.1) is 6.54 Å². The first-order valence-electron chi connectivity index (χ1n) is 7.34. The van der Waals surface area contributed by atoms with Crippen LogP contribution in [0.25, 0.3) is 0 Å². The van der Waals surface area contributed by atoms with E-state index in [9.17, 15) is 4.79 Å². The molecule has 2 aromatic rings. The Morgan fingerprint density at radius 1 is 1.19 bits per heavy atom. The van der Waals surface area contributed by atoms with Crippen LogP contribution in [-0.2, 0) is 11.2 Å². The summed E-state index contributed by atoms with van der Waals surface area (Å²) in [6, 6.07) is 14.4. The van der Waals surface area contributed by atoms with Gasteiger partial charge in [-0.3, -0.25) is 4.79 Å². The molecule has 21 heavy (non-hydrogen) atoms. The molecular weight excluding hydrogens is 260 g/mol. The third kappa shape index (κ3) is 2.77. The van der Waals surface area contributed by atoms with Crippen LogP contribution in [0.2, 0.25) is 0 Å². The van der Waals surface area contributed by atoms with Crippen molar-refractivity contribution in [3.63, 3.8) is 0 Å². The maximum atomic E-state index is 12.4. The van der Waals surface area contributed by atoms with Crippen molar-refractivity contribution >= 4 is 17.3 Å². The van der Waals surface area contributed by atoms with Crippen molar-refractivity contribution in [2.75, 3.05) is 23.3 Å². The first kappa shape index (κ1) is 13.7. The van der Waals surface area contributed by atoms with Crippen molar-refractivity contribution in [2.24, 2.45) is 0 Å². The number of hydrogen-bond donors (Lipinski definition) is 1. The lowest BCUT2D eigenvalue weighted by Crippen LogP contribution is -2.34. The molecule has 0 aromatic heterocycles. The van der Waals surface area contributed by atoms with E-state index in [1.165, 1.54) is 11.1 Å². The quantitative estimate of drug-likeness (QED) is 0.935. The van der Waals surface area contributed by atoms with Gasteiger partial charge in [-0.1, -0.05) is 30.3 Å². The largest absolute Gasteiger partial charge is 0.376 e. The molecule has 108 valence electrons. The topological polar surface area (TPSA) is 32.3 Å². The van der Waals surface area contributed by atoms with Crippen LogP contribution in [0.4, 0.5) is 11.4 Å². The summed E-state index contributed by atoms with van der Waals surface area (Å²) in [6.07, 6.45) is 0.950. The molecule has 0 bridgehead atoms. The van der Waals surface area contributed by atoms with Gasteiger partial charge >= 0.3 is 0 Å². The zero-order valence-electron chi connectivity index (χ0n) is 12.5. The van der Waals surface area contributed by atoms with E-state index in [1.807, 2.05) is 23.1 Å². The van der Waals surface area contributed by atoms with E-state index in [-0.39, 0.29) is 5.91 Å². The lowest BCUT2D eigenvalue weighted by molar-refractivity contribution is -0.116. The molecule has 0 radical (unpaired) electrons. The number of fused-ring (bicyclic) bond motifs is 1. The summed E-state index contributed by atoms with van der Waals surface area (Å²) >= 11 is 0. The van der Waals surface area contributed by atoms with E-state index in [2.05, 4.69) is 43.4 Å². The van der Waals surface area contributed by atoms with E-state index in [0.717, 1.165) is 29.9 Å². The fraction of sp³-hybridized carbons (Fsp3) is 0.278. The van der Waals surface area contributed by atoms with Crippen molar-refractivity contribution in [1.29, 1.82) is 0 Å². The zero-order chi connectivity index (χ0) is 14.8. The molecule has 0 fully saturated rings. The van der Waals surface area contributed by atoms with Crippen molar-refractivity contribution in [3.05, 3.63) is 59.2 Å². The summed E-state index contributed by atoms with van der Waals surface area (Å²) < 4.78 is 0. The highest BCUT2D eigenvalue weighted by Crippen LogP contribution is 2.27. The number of nitrogens with zero attached hydrogens (tertiary/aromatic N) is 1. The summed E-state index contributed by atoms with van der Waals surface area (Å²) in [7, 11) is 0. The number of aryl methyl sites for hydroxylation is 2. The second-order valence-electron chi connectivity index (χ2n) is 5.60. The summed E-state index contributed by atoms with van der Waals surface area (Å²) in [5, 5.41) is 3.27. The van der Waals surface area contributed by atoms with E-state index in [4.69, 9.17) is 0 Å². The number of amides is 1. The summed E-state index contributed by atoms with van der Waals surface area (Å²) in [5.74, 6) is 0.126. The van der Waals surface area contributed by atoms with Gasteiger partial charge in [0.1, 0.15) is 0 Å². The smallest absolute Gasteiger partial charge is 0.246 e. The molecule has 0 spiro atoms. The van der Waals surface area contributed by atoms with Gasteiger partial charge in [-0.25, -0.2) is 0 Å². The van der Waals surface area contributed by atoms with Gasteiger partial charge < -0.3 is 10.2 Å². The monoisotopic (exact) mass is 280 g/mol. The summed E-state index contributed by atoms with van der Waals surface area (Å²) in [4.78, 5) is 14.3. The first-order valence-corrected chi connectivity index (χ1v) is 7.34. The first-order chi connectivity index (χ1) is 10.1. The minimum atomic E-state index is 0.126. The van der Waals surface area contributed by atoms with Crippen LogP contribution in [0.15, 0.2) is 42.5 Å². The van der Waals surface area contributed by atoms with Crippen molar-refractivity contribution in [1.82, 2.24) is 0 Å². The Bertz CT molecular complexity index is 679. The van der Waals surface area contributed by atoms with Crippen LogP contribution >= 0.6 is 0 Å². The average Bonchev–Trinajstić information content (AvgIpc) is 2.92. The molecule has 1 aliphatic rings. The third-order valence-corrected chi connectivity index (χ3v) is 4.01. The standard InChI is InChI=1S/C18H20N2O/c1-13-7-8-14(2)16(11-13)19-12-18(21)20-10-9-15-5-3-4-6-17(15)20/h3-8,11,19H,9-10,12H2,1-2H3. The molecule has 1 amide bonds. The van der Waals surface area contributed by atoms with Gasteiger partial charge in [0.15, 0.2) is 0 Å². The van der Waals surface area contributed by atoms with Gasteiger partial charge in [0, 0.05) is 17.9 Å². The van der Waals surface area contributed by atoms with Gasteiger partial charge in [0.25, 0.3) is 0 Å². The fourth-order valence-corrected chi connectivity index (χ4v) is 2.79. The number of rotatable bonds is 3. The molecule has 0 saturated heterocycles. The third-order valence-electron chi connectivity index (χ3n) is 4.01. The molecule has 3 nitrogen and oxygen atoms in total. The van der Waals surface area contributed by atoms with Crippen LogP contribution < -0.4 is 10.2 Å². The minimum absolute atomic E-state index is 0.126. The Hall–Kier alpha value is -2.29. The molecule has 0 unspecified atom stereocenters. The highest BCUT2D eigenvalue weighted by Gasteiger charge is 2.23. The SMILES string of the molecule is Cc1ccc(C)c(NCC(=O)N2CCc3ccccc32)c1. The molecule has 0 saturated carbocycles. The molecular formula is C18H20N2O. The Labute approximate surface area is 125 Å². The molecule has 1 N–H and O–H groups in total. The number of benzene rings is 2. The molecule has 3 heteroatoms. The lowest BCUT2D eigenvalue weighted by atomic mass is 10.1. The van der Waals surface area contributed by atoms with E-state index < -0.39 is 0 Å². The van der Waals surface area contributed by atoms with Crippen molar-refractivity contribution in [3.8, 4) is 0 Å².